The number of rotatable bonds is 3. The molecule has 0 spiro atoms. The Balaban J connectivity index is 2.35. The fourth-order valence-corrected chi connectivity index (χ4v) is 4.80. The largest absolute Gasteiger partial charge is 0.477 e. The average molecular weight is 301 g/mol. The Labute approximate surface area is 116 Å². The van der Waals surface area contributed by atoms with E-state index < -0.39 is 16.0 Å². The van der Waals surface area contributed by atoms with E-state index in [1.54, 1.807) is 6.92 Å². The Morgan fingerprint density at radius 1 is 1.42 bits per heavy atom. The fourth-order valence-electron chi connectivity index (χ4n) is 1.89. The van der Waals surface area contributed by atoms with Gasteiger partial charge in [-0.3, -0.25) is 0 Å². The van der Waals surface area contributed by atoms with Gasteiger partial charge in [0.25, 0.3) is 10.0 Å². The van der Waals surface area contributed by atoms with Crippen LogP contribution in [0.5, 0.6) is 0 Å². The highest BCUT2D eigenvalue weighted by molar-refractivity contribution is 7.91. The van der Waals surface area contributed by atoms with E-state index in [4.69, 9.17) is 5.11 Å². The molecule has 0 unspecified atom stereocenters. The second-order valence-electron chi connectivity index (χ2n) is 4.55. The molecule has 0 amide bonds. The molecule has 5 nitrogen and oxygen atoms in total. The maximum Gasteiger partial charge on any atom is 0.346 e. The number of carbonyl (C=O) groups is 1. The molecule has 0 bridgehead atoms. The molecule has 1 N–H and O–H groups in total. The molecule has 1 aliphatic rings. The van der Waals surface area contributed by atoms with Crippen LogP contribution in [0.15, 0.2) is 21.9 Å². The number of carboxylic acid groups (broad SMARTS) is 1. The van der Waals surface area contributed by atoms with Gasteiger partial charge in [0.15, 0.2) is 0 Å². The molecule has 104 valence electrons. The second kappa shape index (κ2) is 5.07. The zero-order chi connectivity index (χ0) is 14.2. The monoisotopic (exact) mass is 301 g/mol. The van der Waals surface area contributed by atoms with Crippen molar-refractivity contribution in [2.45, 2.75) is 24.5 Å². The molecule has 2 rings (SSSR count). The lowest BCUT2D eigenvalue weighted by atomic mass is 10.1. The molecule has 7 heteroatoms. The fraction of sp³-hybridized carbons (Fsp3) is 0.417. The molecule has 0 fully saturated rings. The van der Waals surface area contributed by atoms with E-state index in [2.05, 4.69) is 0 Å². The lowest BCUT2D eigenvalue weighted by molar-refractivity contribution is 0.0701. The summed E-state index contributed by atoms with van der Waals surface area (Å²) in [5, 5.41) is 8.98. The van der Waals surface area contributed by atoms with Gasteiger partial charge in [-0.1, -0.05) is 11.6 Å². The van der Waals surface area contributed by atoms with E-state index in [-0.39, 0.29) is 9.09 Å². The van der Waals surface area contributed by atoms with Gasteiger partial charge in [0, 0.05) is 13.1 Å². The molecule has 0 aromatic carbocycles. The van der Waals surface area contributed by atoms with Crippen LogP contribution in [0.3, 0.4) is 0 Å². The average Bonchev–Trinajstić information content (AvgIpc) is 2.72. The summed E-state index contributed by atoms with van der Waals surface area (Å²) in [5.41, 5.74) is 1.67. The molecule has 1 aromatic rings. The standard InChI is InChI=1S/C12H15NO4S2/c1-8-3-5-13(6-4-8)19(16,17)10-7-9(2)11(18-10)12(14)15/h3,7H,4-6H2,1-2H3,(H,14,15). The van der Waals surface area contributed by atoms with Crippen LogP contribution >= 0.6 is 11.3 Å². The summed E-state index contributed by atoms with van der Waals surface area (Å²) in [6.07, 6.45) is 2.61. The van der Waals surface area contributed by atoms with Gasteiger partial charge in [-0.15, -0.1) is 11.3 Å². The van der Waals surface area contributed by atoms with Gasteiger partial charge in [0.05, 0.1) is 0 Å². The Hall–Kier alpha value is -1.18. The van der Waals surface area contributed by atoms with Crippen LogP contribution in [0.25, 0.3) is 0 Å². The topological polar surface area (TPSA) is 74.7 Å². The number of aryl methyl sites for hydroxylation is 1. The maximum absolute atomic E-state index is 12.4. The SMILES string of the molecule is CC1=CCN(S(=O)(=O)c2cc(C)c(C(=O)O)s2)CC1. The third-order valence-corrected chi connectivity index (χ3v) is 6.62. The second-order valence-corrected chi connectivity index (χ2v) is 7.76. The Bertz CT molecular complexity index is 643. The first-order valence-electron chi connectivity index (χ1n) is 5.82. The molecular weight excluding hydrogens is 286 g/mol. The Kier molecular flexibility index (Phi) is 3.80. The molecule has 1 aromatic heterocycles. The molecule has 1 aliphatic heterocycles. The number of thiophene rings is 1. The van der Waals surface area contributed by atoms with Crippen molar-refractivity contribution in [3.8, 4) is 0 Å². The molecule has 0 radical (unpaired) electrons. The van der Waals surface area contributed by atoms with E-state index in [9.17, 15) is 13.2 Å². The summed E-state index contributed by atoms with van der Waals surface area (Å²) in [6.45, 7) is 4.39. The van der Waals surface area contributed by atoms with E-state index >= 15 is 0 Å². The first-order valence-corrected chi connectivity index (χ1v) is 8.07. The highest BCUT2D eigenvalue weighted by Gasteiger charge is 2.28. The van der Waals surface area contributed by atoms with Crippen molar-refractivity contribution in [3.63, 3.8) is 0 Å². The smallest absolute Gasteiger partial charge is 0.346 e. The lowest BCUT2D eigenvalue weighted by Crippen LogP contribution is -2.34. The summed E-state index contributed by atoms with van der Waals surface area (Å²) in [7, 11) is -3.58. The van der Waals surface area contributed by atoms with Crippen molar-refractivity contribution >= 4 is 27.3 Å². The first kappa shape index (κ1) is 14.2. The summed E-state index contributed by atoms with van der Waals surface area (Å²) in [5.74, 6) is -1.08. The number of hydrogen-bond acceptors (Lipinski definition) is 4. The Morgan fingerprint density at radius 2 is 2.11 bits per heavy atom. The van der Waals surface area contributed by atoms with Crippen molar-refractivity contribution in [2.24, 2.45) is 0 Å². The molecule has 0 saturated carbocycles. The minimum atomic E-state index is -3.58. The molecule has 19 heavy (non-hydrogen) atoms. The van der Waals surface area contributed by atoms with Crippen LogP contribution in [0.2, 0.25) is 0 Å². The zero-order valence-corrected chi connectivity index (χ0v) is 12.3. The molecule has 0 aliphatic carbocycles. The molecule has 2 heterocycles. The quantitative estimate of drug-likeness (QED) is 0.868. The summed E-state index contributed by atoms with van der Waals surface area (Å²) in [6, 6.07) is 1.44. The predicted molar refractivity (Wildman–Crippen MR) is 73.1 cm³/mol. The summed E-state index contributed by atoms with van der Waals surface area (Å²) < 4.78 is 26.3. The number of hydrogen-bond donors (Lipinski definition) is 1. The zero-order valence-electron chi connectivity index (χ0n) is 10.7. The first-order chi connectivity index (χ1) is 8.82. The molecule has 0 atom stereocenters. The van der Waals surface area contributed by atoms with E-state index in [1.807, 2.05) is 13.0 Å². The van der Waals surface area contributed by atoms with Gasteiger partial charge in [0.1, 0.15) is 9.09 Å². The number of sulfonamides is 1. The van der Waals surface area contributed by atoms with Crippen LogP contribution in [0.1, 0.15) is 28.6 Å². The predicted octanol–water partition coefficient (Wildman–Crippen LogP) is 2.10. The van der Waals surface area contributed by atoms with Crippen LogP contribution < -0.4 is 0 Å². The number of carboxylic acids is 1. The molecular formula is C12H15NO4S2. The van der Waals surface area contributed by atoms with Gasteiger partial charge < -0.3 is 5.11 Å². The van der Waals surface area contributed by atoms with Gasteiger partial charge in [0.2, 0.25) is 0 Å². The minimum absolute atomic E-state index is 0.0855. The van der Waals surface area contributed by atoms with Crippen LogP contribution in [-0.4, -0.2) is 36.9 Å². The van der Waals surface area contributed by atoms with Gasteiger partial charge in [-0.25, -0.2) is 13.2 Å². The highest BCUT2D eigenvalue weighted by atomic mass is 32.2. The van der Waals surface area contributed by atoms with Crippen LogP contribution in [-0.2, 0) is 10.0 Å². The number of aromatic carboxylic acids is 1. The van der Waals surface area contributed by atoms with Crippen LogP contribution in [0, 0.1) is 6.92 Å². The van der Waals surface area contributed by atoms with Gasteiger partial charge in [-0.05, 0) is 31.9 Å². The normalized spacial score (nSPS) is 17.3. The third kappa shape index (κ3) is 2.72. The van der Waals surface area contributed by atoms with Crippen molar-refractivity contribution in [2.75, 3.05) is 13.1 Å². The van der Waals surface area contributed by atoms with Crippen LogP contribution in [0.4, 0.5) is 0 Å². The summed E-state index contributed by atoms with van der Waals surface area (Å²) in [4.78, 5) is 11.1. The van der Waals surface area contributed by atoms with Crippen molar-refractivity contribution in [1.29, 1.82) is 0 Å². The maximum atomic E-state index is 12.4. The molecule has 0 saturated heterocycles. The highest BCUT2D eigenvalue weighted by Crippen LogP contribution is 2.29. The van der Waals surface area contributed by atoms with E-state index in [1.165, 1.54) is 15.9 Å². The van der Waals surface area contributed by atoms with E-state index in [0.717, 1.165) is 17.8 Å². The lowest BCUT2D eigenvalue weighted by Gasteiger charge is -2.23. The summed E-state index contributed by atoms with van der Waals surface area (Å²) >= 11 is 0.819. The Morgan fingerprint density at radius 3 is 2.58 bits per heavy atom. The van der Waals surface area contributed by atoms with Crippen molar-refractivity contribution in [1.82, 2.24) is 4.31 Å². The van der Waals surface area contributed by atoms with Crippen molar-refractivity contribution < 1.29 is 18.3 Å². The van der Waals surface area contributed by atoms with E-state index in [0.29, 0.717) is 18.7 Å². The number of nitrogens with zero attached hydrogens (tertiary/aromatic N) is 1. The van der Waals surface area contributed by atoms with Crippen molar-refractivity contribution in [3.05, 3.63) is 28.2 Å². The third-order valence-electron chi connectivity index (χ3n) is 3.08. The minimum Gasteiger partial charge on any atom is -0.477 e. The van der Waals surface area contributed by atoms with Gasteiger partial charge in [-0.2, -0.15) is 4.31 Å². The van der Waals surface area contributed by atoms with Gasteiger partial charge >= 0.3 is 5.97 Å².